The Morgan fingerprint density at radius 3 is 2.19 bits per heavy atom. The number of nitrogens with one attached hydrogen (secondary N) is 1. The summed E-state index contributed by atoms with van der Waals surface area (Å²) in [6.07, 6.45) is 0.826. The molecule has 0 aromatic heterocycles. The maximum atomic E-state index is 12.9. The van der Waals surface area contributed by atoms with Crippen molar-refractivity contribution in [2.45, 2.75) is 29.5 Å². The van der Waals surface area contributed by atoms with Crippen molar-refractivity contribution in [1.82, 2.24) is 10.2 Å². The van der Waals surface area contributed by atoms with Gasteiger partial charge in [-0.1, -0.05) is 19.1 Å². The van der Waals surface area contributed by atoms with Gasteiger partial charge in [-0.3, -0.25) is 0 Å². The van der Waals surface area contributed by atoms with E-state index in [0.29, 0.717) is 13.1 Å². The maximum absolute atomic E-state index is 12.9. The molecule has 1 aliphatic rings. The van der Waals surface area contributed by atoms with Crippen LogP contribution in [0.3, 0.4) is 0 Å². The SMILES string of the molecule is CCc1ccc(S(=O)(=O)C2CS(=O)(=O)CC2NCCN(C)C)cc1.Cl.Cl. The lowest BCUT2D eigenvalue weighted by Crippen LogP contribution is -2.45. The van der Waals surface area contributed by atoms with Crippen LogP contribution < -0.4 is 5.32 Å². The number of sulfone groups is 2. The fourth-order valence-electron chi connectivity index (χ4n) is 2.87. The first-order valence-corrected chi connectivity index (χ1v) is 11.4. The molecule has 2 atom stereocenters. The highest BCUT2D eigenvalue weighted by atomic mass is 35.5. The number of likely N-dealkylation sites (N-methyl/N-ethyl adjacent to an activating group) is 1. The first-order chi connectivity index (χ1) is 11.2. The van der Waals surface area contributed by atoms with Gasteiger partial charge in [-0.15, -0.1) is 24.8 Å². The van der Waals surface area contributed by atoms with E-state index in [1.807, 2.05) is 25.9 Å². The van der Waals surface area contributed by atoms with Crippen LogP contribution in [0.25, 0.3) is 0 Å². The van der Waals surface area contributed by atoms with Gasteiger partial charge in [0.15, 0.2) is 19.7 Å². The fourth-order valence-corrected chi connectivity index (χ4v) is 7.59. The van der Waals surface area contributed by atoms with Crippen molar-refractivity contribution in [3.05, 3.63) is 29.8 Å². The summed E-state index contributed by atoms with van der Waals surface area (Å²) >= 11 is 0. The number of rotatable bonds is 7. The van der Waals surface area contributed by atoms with E-state index in [-0.39, 0.29) is 41.2 Å². The summed E-state index contributed by atoms with van der Waals surface area (Å²) in [5, 5.41) is 2.18. The molecule has 0 bridgehead atoms. The molecule has 26 heavy (non-hydrogen) atoms. The topological polar surface area (TPSA) is 83.5 Å². The van der Waals surface area contributed by atoms with Crippen molar-refractivity contribution in [3.8, 4) is 0 Å². The highest BCUT2D eigenvalue weighted by Crippen LogP contribution is 2.26. The minimum absolute atomic E-state index is 0. The van der Waals surface area contributed by atoms with Crippen LogP contribution in [0.15, 0.2) is 29.2 Å². The second kappa shape index (κ2) is 10.2. The van der Waals surface area contributed by atoms with Crippen LogP contribution in [0.4, 0.5) is 0 Å². The predicted molar refractivity (Wildman–Crippen MR) is 110 cm³/mol. The first kappa shape index (κ1) is 25.6. The molecule has 1 fully saturated rings. The molecule has 152 valence electrons. The maximum Gasteiger partial charge on any atom is 0.183 e. The van der Waals surface area contributed by atoms with Crippen LogP contribution >= 0.6 is 24.8 Å². The Kier molecular flexibility index (Phi) is 10.1. The largest absolute Gasteiger partial charge is 0.310 e. The number of halogens is 2. The van der Waals surface area contributed by atoms with Gasteiger partial charge in [-0.05, 0) is 38.2 Å². The van der Waals surface area contributed by atoms with Crippen LogP contribution in [0, 0.1) is 0 Å². The summed E-state index contributed by atoms with van der Waals surface area (Å²) in [6.45, 7) is 3.26. The molecule has 1 aliphatic heterocycles. The van der Waals surface area contributed by atoms with Gasteiger partial charge >= 0.3 is 0 Å². The van der Waals surface area contributed by atoms with Crippen LogP contribution in [-0.4, -0.2) is 71.7 Å². The van der Waals surface area contributed by atoms with Crippen molar-refractivity contribution in [3.63, 3.8) is 0 Å². The monoisotopic (exact) mass is 446 g/mol. The summed E-state index contributed by atoms with van der Waals surface area (Å²) in [6, 6.07) is 6.16. The van der Waals surface area contributed by atoms with Gasteiger partial charge < -0.3 is 10.2 Å². The molecule has 0 saturated carbocycles. The third-order valence-corrected chi connectivity index (χ3v) is 8.49. The van der Waals surface area contributed by atoms with E-state index in [1.54, 1.807) is 24.3 Å². The summed E-state index contributed by atoms with van der Waals surface area (Å²) in [5.41, 5.74) is 1.05. The molecule has 1 aromatic carbocycles. The van der Waals surface area contributed by atoms with E-state index in [2.05, 4.69) is 5.32 Å². The summed E-state index contributed by atoms with van der Waals surface area (Å²) < 4.78 is 49.9. The quantitative estimate of drug-likeness (QED) is 0.676. The number of benzene rings is 1. The van der Waals surface area contributed by atoms with E-state index >= 15 is 0 Å². The first-order valence-electron chi connectivity index (χ1n) is 8.07. The van der Waals surface area contributed by atoms with E-state index in [0.717, 1.165) is 12.0 Å². The van der Waals surface area contributed by atoms with Crippen molar-refractivity contribution in [2.75, 3.05) is 38.7 Å². The number of hydrogen-bond acceptors (Lipinski definition) is 6. The van der Waals surface area contributed by atoms with Gasteiger partial charge in [0.1, 0.15) is 0 Å². The molecule has 6 nitrogen and oxygen atoms in total. The molecule has 1 aromatic rings. The van der Waals surface area contributed by atoms with Gasteiger partial charge in [0.05, 0.1) is 21.7 Å². The minimum atomic E-state index is -3.69. The molecule has 1 saturated heterocycles. The second-order valence-corrected chi connectivity index (χ2v) is 10.8. The normalized spacial score (nSPS) is 21.8. The highest BCUT2D eigenvalue weighted by molar-refractivity contribution is 7.96. The average molecular weight is 447 g/mol. The Bertz CT molecular complexity index is 766. The molecular weight excluding hydrogens is 419 g/mol. The molecular formula is C16H28Cl2N2O4S2. The molecule has 2 rings (SSSR count). The Labute approximate surface area is 169 Å². The number of nitrogens with zero attached hydrogens (tertiary/aromatic N) is 1. The molecule has 1 heterocycles. The van der Waals surface area contributed by atoms with Crippen LogP contribution in [0.2, 0.25) is 0 Å². The zero-order chi connectivity index (χ0) is 18.0. The summed E-state index contributed by atoms with van der Waals surface area (Å²) in [7, 11) is -3.22. The van der Waals surface area contributed by atoms with Crippen molar-refractivity contribution in [2.24, 2.45) is 0 Å². The summed E-state index contributed by atoms with van der Waals surface area (Å²) in [5.74, 6) is -0.443. The molecule has 2 unspecified atom stereocenters. The van der Waals surface area contributed by atoms with Crippen molar-refractivity contribution < 1.29 is 16.8 Å². The Balaban J connectivity index is 0.00000312. The molecule has 0 aliphatic carbocycles. The smallest absolute Gasteiger partial charge is 0.183 e. The van der Waals surface area contributed by atoms with Gasteiger partial charge in [0, 0.05) is 19.1 Å². The molecule has 0 spiro atoms. The molecule has 10 heteroatoms. The lowest BCUT2D eigenvalue weighted by molar-refractivity contribution is 0.388. The van der Waals surface area contributed by atoms with Crippen molar-refractivity contribution in [1.29, 1.82) is 0 Å². The van der Waals surface area contributed by atoms with Crippen molar-refractivity contribution >= 4 is 44.5 Å². The predicted octanol–water partition coefficient (Wildman–Crippen LogP) is 1.18. The van der Waals surface area contributed by atoms with Gasteiger partial charge in [-0.2, -0.15) is 0 Å². The van der Waals surface area contributed by atoms with Gasteiger partial charge in [0.25, 0.3) is 0 Å². The van der Waals surface area contributed by atoms with Crippen LogP contribution in [-0.2, 0) is 26.1 Å². The minimum Gasteiger partial charge on any atom is -0.310 e. The van der Waals surface area contributed by atoms with Crippen LogP contribution in [0.1, 0.15) is 12.5 Å². The van der Waals surface area contributed by atoms with Crippen LogP contribution in [0.5, 0.6) is 0 Å². The average Bonchev–Trinajstić information content (AvgIpc) is 2.82. The zero-order valence-corrected chi connectivity index (χ0v) is 18.5. The number of aryl methyl sites for hydroxylation is 1. The fraction of sp³-hybridized carbons (Fsp3) is 0.625. The summed E-state index contributed by atoms with van der Waals surface area (Å²) in [4.78, 5) is 2.16. The standard InChI is InChI=1S/C16H26N2O4S2.2ClH/c1-4-13-5-7-14(8-6-13)24(21,22)16-12-23(19,20)11-15(16)17-9-10-18(2)3;;/h5-8,15-17H,4,9-12H2,1-3H3;2*1H. The molecule has 0 amide bonds. The Hall–Kier alpha value is -0.380. The lowest BCUT2D eigenvalue weighted by Gasteiger charge is -2.21. The van der Waals surface area contributed by atoms with E-state index in [1.165, 1.54) is 0 Å². The van der Waals surface area contributed by atoms with Gasteiger partial charge in [0.2, 0.25) is 0 Å². The third-order valence-electron chi connectivity index (χ3n) is 4.32. The van der Waals surface area contributed by atoms with E-state index in [9.17, 15) is 16.8 Å². The van der Waals surface area contributed by atoms with Gasteiger partial charge in [-0.25, -0.2) is 16.8 Å². The number of hydrogen-bond donors (Lipinski definition) is 1. The van der Waals surface area contributed by atoms with E-state index < -0.39 is 31.0 Å². The Morgan fingerprint density at radius 1 is 1.12 bits per heavy atom. The highest BCUT2D eigenvalue weighted by Gasteiger charge is 2.45. The lowest BCUT2D eigenvalue weighted by atomic mass is 10.2. The second-order valence-electron chi connectivity index (χ2n) is 6.52. The Morgan fingerprint density at radius 2 is 1.69 bits per heavy atom. The molecule has 0 radical (unpaired) electrons. The third kappa shape index (κ3) is 6.35. The molecule has 1 N–H and O–H groups in total. The zero-order valence-electron chi connectivity index (χ0n) is 15.2. The van der Waals surface area contributed by atoms with E-state index in [4.69, 9.17) is 0 Å².